The molecule has 1 fully saturated rings. The van der Waals surface area contributed by atoms with E-state index in [1.807, 2.05) is 24.3 Å². The van der Waals surface area contributed by atoms with Gasteiger partial charge in [-0.3, -0.25) is 4.90 Å². The second-order valence-electron chi connectivity index (χ2n) is 9.22. The molecule has 188 valence electrons. The summed E-state index contributed by atoms with van der Waals surface area (Å²) < 4.78 is 16.3. The predicted octanol–water partition coefficient (Wildman–Crippen LogP) is 5.92. The summed E-state index contributed by atoms with van der Waals surface area (Å²) in [5.41, 5.74) is 5.56. The van der Waals surface area contributed by atoms with E-state index in [0.717, 1.165) is 73.8 Å². The SMILES string of the molecule is COc1cc2onc(CCCN3CCN(Cc4ccccc4-c4ccc(Cl)cc4)CC3)c2cc1OC. The molecule has 6 nitrogen and oxygen atoms in total. The Bertz CT molecular complexity index is 1300. The maximum absolute atomic E-state index is 6.09. The topological polar surface area (TPSA) is 51.0 Å². The van der Waals surface area contributed by atoms with Crippen LogP contribution in [0.5, 0.6) is 11.5 Å². The van der Waals surface area contributed by atoms with Crippen molar-refractivity contribution in [1.29, 1.82) is 0 Å². The van der Waals surface area contributed by atoms with Crippen molar-refractivity contribution in [3.63, 3.8) is 0 Å². The summed E-state index contributed by atoms with van der Waals surface area (Å²) >= 11 is 6.09. The first-order valence-corrected chi connectivity index (χ1v) is 12.8. The van der Waals surface area contributed by atoms with E-state index in [2.05, 4.69) is 51.4 Å². The van der Waals surface area contributed by atoms with Gasteiger partial charge in [-0.1, -0.05) is 53.2 Å². The molecule has 1 aromatic heterocycles. The molecule has 0 atom stereocenters. The van der Waals surface area contributed by atoms with Crippen LogP contribution in [0.2, 0.25) is 5.02 Å². The van der Waals surface area contributed by atoms with Gasteiger partial charge in [-0.05, 0) is 54.3 Å². The van der Waals surface area contributed by atoms with Gasteiger partial charge in [-0.2, -0.15) is 0 Å². The molecule has 4 aromatic rings. The molecular formula is C29H32ClN3O3. The van der Waals surface area contributed by atoms with Crippen molar-refractivity contribution < 1.29 is 14.0 Å². The van der Waals surface area contributed by atoms with Gasteiger partial charge in [-0.25, -0.2) is 0 Å². The minimum atomic E-state index is 0.654. The Balaban J connectivity index is 1.13. The number of nitrogens with zero attached hydrogens (tertiary/aromatic N) is 3. The normalized spacial score (nSPS) is 14.9. The Hall–Kier alpha value is -3.06. The Morgan fingerprint density at radius 3 is 2.33 bits per heavy atom. The fourth-order valence-electron chi connectivity index (χ4n) is 4.95. The maximum Gasteiger partial charge on any atom is 0.171 e. The highest BCUT2D eigenvalue weighted by Gasteiger charge is 2.19. The molecule has 7 heteroatoms. The van der Waals surface area contributed by atoms with E-state index < -0.39 is 0 Å². The van der Waals surface area contributed by atoms with Crippen LogP contribution >= 0.6 is 11.6 Å². The lowest BCUT2D eigenvalue weighted by Crippen LogP contribution is -2.46. The summed E-state index contributed by atoms with van der Waals surface area (Å²) in [6.45, 7) is 6.30. The molecule has 0 amide bonds. The Morgan fingerprint density at radius 1 is 0.889 bits per heavy atom. The number of piperazine rings is 1. The number of aryl methyl sites for hydroxylation is 1. The first kappa shape index (κ1) is 24.6. The molecule has 5 rings (SSSR count). The fraction of sp³-hybridized carbons (Fsp3) is 0.345. The van der Waals surface area contributed by atoms with Gasteiger partial charge in [0.2, 0.25) is 0 Å². The standard InChI is InChI=1S/C29H32ClN3O3/c1-34-28-18-25-26(31-36-27(25)19-29(28)35-2)8-5-13-32-14-16-33(17-15-32)20-22-6-3-4-7-24(22)21-9-11-23(30)12-10-21/h3-4,6-7,9-12,18-19H,5,8,13-17,20H2,1-2H3. The van der Waals surface area contributed by atoms with Crippen LogP contribution in [-0.4, -0.2) is 61.9 Å². The number of benzene rings is 3. The van der Waals surface area contributed by atoms with E-state index >= 15 is 0 Å². The van der Waals surface area contributed by atoms with Gasteiger partial charge in [0.05, 0.1) is 19.9 Å². The van der Waals surface area contributed by atoms with Gasteiger partial charge < -0.3 is 18.9 Å². The third-order valence-corrected chi connectivity index (χ3v) is 7.22. The van der Waals surface area contributed by atoms with E-state index in [4.69, 9.17) is 25.6 Å². The van der Waals surface area contributed by atoms with Crippen molar-refractivity contribution in [1.82, 2.24) is 15.0 Å². The summed E-state index contributed by atoms with van der Waals surface area (Å²) in [7, 11) is 3.27. The molecule has 0 saturated carbocycles. The zero-order chi connectivity index (χ0) is 24.9. The highest BCUT2D eigenvalue weighted by Crippen LogP contribution is 2.34. The first-order valence-electron chi connectivity index (χ1n) is 12.4. The van der Waals surface area contributed by atoms with Crippen molar-refractivity contribution in [3.05, 3.63) is 76.9 Å². The van der Waals surface area contributed by atoms with Crippen LogP contribution in [0.25, 0.3) is 22.1 Å². The molecule has 0 unspecified atom stereocenters. The van der Waals surface area contributed by atoms with Crippen LogP contribution in [-0.2, 0) is 13.0 Å². The second kappa shape index (κ2) is 11.3. The van der Waals surface area contributed by atoms with Gasteiger partial charge in [0.1, 0.15) is 0 Å². The smallest absolute Gasteiger partial charge is 0.171 e. The number of halogens is 1. The van der Waals surface area contributed by atoms with Gasteiger partial charge in [0.25, 0.3) is 0 Å². The number of fused-ring (bicyclic) bond motifs is 1. The lowest BCUT2D eigenvalue weighted by atomic mass is 9.99. The number of hydrogen-bond acceptors (Lipinski definition) is 6. The molecule has 0 bridgehead atoms. The molecule has 0 N–H and O–H groups in total. The predicted molar refractivity (Wildman–Crippen MR) is 144 cm³/mol. The molecule has 1 aliphatic heterocycles. The molecule has 2 heterocycles. The Labute approximate surface area is 217 Å². The summed E-state index contributed by atoms with van der Waals surface area (Å²) in [5.74, 6) is 1.35. The quantitative estimate of drug-likeness (QED) is 0.281. The monoisotopic (exact) mass is 505 g/mol. The third-order valence-electron chi connectivity index (χ3n) is 6.97. The molecule has 1 saturated heterocycles. The minimum Gasteiger partial charge on any atom is -0.493 e. The zero-order valence-corrected chi connectivity index (χ0v) is 21.6. The van der Waals surface area contributed by atoms with Crippen LogP contribution < -0.4 is 9.47 Å². The van der Waals surface area contributed by atoms with Crippen LogP contribution in [0.1, 0.15) is 17.7 Å². The molecule has 36 heavy (non-hydrogen) atoms. The summed E-state index contributed by atoms with van der Waals surface area (Å²) in [5, 5.41) is 6.07. The number of hydrogen-bond donors (Lipinski definition) is 0. The second-order valence-corrected chi connectivity index (χ2v) is 9.65. The van der Waals surface area contributed by atoms with Crippen molar-refractivity contribution in [2.24, 2.45) is 0 Å². The van der Waals surface area contributed by atoms with E-state index in [0.29, 0.717) is 11.5 Å². The van der Waals surface area contributed by atoms with Crippen molar-refractivity contribution >= 4 is 22.6 Å². The van der Waals surface area contributed by atoms with Crippen molar-refractivity contribution in [2.45, 2.75) is 19.4 Å². The van der Waals surface area contributed by atoms with E-state index in [1.54, 1.807) is 14.2 Å². The first-order chi connectivity index (χ1) is 17.6. The zero-order valence-electron chi connectivity index (χ0n) is 20.9. The van der Waals surface area contributed by atoms with E-state index in [1.165, 1.54) is 16.7 Å². The average molecular weight is 506 g/mol. The largest absolute Gasteiger partial charge is 0.493 e. The van der Waals surface area contributed by atoms with Crippen LogP contribution in [0.3, 0.4) is 0 Å². The fourth-order valence-corrected chi connectivity index (χ4v) is 5.07. The van der Waals surface area contributed by atoms with Crippen LogP contribution in [0.15, 0.2) is 65.2 Å². The van der Waals surface area contributed by atoms with Crippen molar-refractivity contribution in [3.8, 4) is 22.6 Å². The van der Waals surface area contributed by atoms with Gasteiger partial charge >= 0.3 is 0 Å². The van der Waals surface area contributed by atoms with Crippen LogP contribution in [0, 0.1) is 0 Å². The molecule has 0 aliphatic carbocycles. The van der Waals surface area contributed by atoms with Gasteiger partial charge in [0, 0.05) is 49.2 Å². The summed E-state index contributed by atoms with van der Waals surface area (Å²) in [6.07, 6.45) is 1.91. The number of rotatable bonds is 9. The lowest BCUT2D eigenvalue weighted by molar-refractivity contribution is 0.126. The van der Waals surface area contributed by atoms with Crippen molar-refractivity contribution in [2.75, 3.05) is 46.9 Å². The minimum absolute atomic E-state index is 0.654. The molecular weight excluding hydrogens is 474 g/mol. The number of aromatic nitrogens is 1. The lowest BCUT2D eigenvalue weighted by Gasteiger charge is -2.35. The van der Waals surface area contributed by atoms with Gasteiger partial charge in [-0.15, -0.1) is 0 Å². The summed E-state index contributed by atoms with van der Waals surface area (Å²) in [6, 6.07) is 20.6. The van der Waals surface area contributed by atoms with E-state index in [-0.39, 0.29) is 0 Å². The molecule has 0 radical (unpaired) electrons. The molecule has 3 aromatic carbocycles. The highest BCUT2D eigenvalue weighted by atomic mass is 35.5. The Morgan fingerprint density at radius 2 is 1.58 bits per heavy atom. The number of methoxy groups -OCH3 is 2. The average Bonchev–Trinajstić information content (AvgIpc) is 3.31. The third kappa shape index (κ3) is 5.51. The maximum atomic E-state index is 6.09. The highest BCUT2D eigenvalue weighted by molar-refractivity contribution is 6.30. The van der Waals surface area contributed by atoms with E-state index in [9.17, 15) is 0 Å². The summed E-state index contributed by atoms with van der Waals surface area (Å²) in [4.78, 5) is 5.10. The van der Waals surface area contributed by atoms with Crippen LogP contribution in [0.4, 0.5) is 0 Å². The Kier molecular flexibility index (Phi) is 7.75. The number of ether oxygens (including phenoxy) is 2. The molecule has 1 aliphatic rings. The van der Waals surface area contributed by atoms with Gasteiger partial charge in [0.15, 0.2) is 17.1 Å². The molecule has 0 spiro atoms.